The molecular formula is C91H173N7O7. The van der Waals surface area contributed by atoms with Gasteiger partial charge in [0.15, 0.2) is 0 Å². The molecule has 8 atom stereocenters. The Morgan fingerprint density at radius 3 is 0.943 bits per heavy atom. The van der Waals surface area contributed by atoms with Gasteiger partial charge in [-0.15, -0.1) is 0 Å². The molecule has 0 spiro atoms. The number of rotatable bonds is 28. The molecule has 4 rings (SSSR count). The van der Waals surface area contributed by atoms with Gasteiger partial charge in [-0.1, -0.05) is 165 Å². The van der Waals surface area contributed by atoms with Crippen LogP contribution in [-0.2, 0) is 6.42 Å². The Balaban J connectivity index is -0.00000117. The standard InChI is InChI=1S/C18H25NO.C15H25NO.C14H23NO.2C12H27NO.C11H25NO.C9H21NO/c1-17(2,20)12-16(18(3,4)19)15-11-7-9-13-8-5-6-10-14(13)15;1-14(2,17)11-13(15(3,4)16)10-12-8-6-5-7-9-12;1-13(2,16)10-12(14(3,4)15)11-8-6-5-7-9-11;1-10(2,3)9(12(6,7)13)8-11(4,5)14;1-7-9(2)10(12(5,6)13)8-11(3,4)14;1-8(2)9(11(5,6)12)7-10(3,4)13;1-7(9(4,5)10)6-8(2,3)11/h5-11,16,20H,12,19H2,1-4H3;5-9,13,17H,10-11,16H2,1-4H3;5-9,12,16H,10,15H2,1-4H3;9,14H,8,13H2,1-7H3;9-10,14H,7-8,13H2,1-6H3;8-9,13H,7,12H2,1-6H3;7,11H,6,10H2,1-5H3/t16-;13-;12-;9-;9?,10-;9-;7-/m1011110/s1. The molecular weight excluding hydrogens is 1300 g/mol. The molecule has 14 heteroatoms. The number of nitrogens with two attached hydrogens (primary N) is 7. The number of hydrogen-bond donors (Lipinski definition) is 14. The van der Waals surface area contributed by atoms with Crippen LogP contribution in [0.25, 0.3) is 10.8 Å². The summed E-state index contributed by atoms with van der Waals surface area (Å²) in [5, 5.41) is 71.5. The zero-order chi connectivity index (χ0) is 84.0. The zero-order valence-electron chi connectivity index (χ0n) is 74.5. The maximum absolute atomic E-state index is 10.2. The molecule has 0 fully saturated rings. The Bertz CT molecular complexity index is 2920. The van der Waals surface area contributed by atoms with Crippen LogP contribution in [-0.4, -0.2) is 114 Å². The van der Waals surface area contributed by atoms with E-state index in [0.29, 0.717) is 54.8 Å². The van der Waals surface area contributed by atoms with Crippen molar-refractivity contribution >= 4 is 10.8 Å². The van der Waals surface area contributed by atoms with E-state index in [-0.39, 0.29) is 61.9 Å². The van der Waals surface area contributed by atoms with Crippen LogP contribution in [0.5, 0.6) is 0 Å². The highest BCUT2D eigenvalue weighted by atomic mass is 16.3. The molecule has 0 amide bonds. The first-order chi connectivity index (χ1) is 46.1. The molecule has 0 saturated heterocycles. The lowest BCUT2D eigenvalue weighted by atomic mass is 9.66. The van der Waals surface area contributed by atoms with Gasteiger partial charge in [-0.05, 0) is 320 Å². The van der Waals surface area contributed by atoms with Crippen molar-refractivity contribution < 1.29 is 35.7 Å². The Morgan fingerprint density at radius 2 is 0.657 bits per heavy atom. The summed E-state index contributed by atoms with van der Waals surface area (Å²) in [5.41, 5.74) is 40.4. The van der Waals surface area contributed by atoms with E-state index < -0.39 is 39.2 Å². The Morgan fingerprint density at radius 1 is 0.314 bits per heavy atom. The summed E-state index contributed by atoms with van der Waals surface area (Å²) < 4.78 is 0. The lowest BCUT2D eigenvalue weighted by molar-refractivity contribution is 0.00735. The summed E-state index contributed by atoms with van der Waals surface area (Å²) in [6.45, 7) is 71.4. The maximum Gasteiger partial charge on any atom is 0.0598 e. The van der Waals surface area contributed by atoms with Crippen LogP contribution in [0.4, 0.5) is 0 Å². The highest BCUT2D eigenvalue weighted by Crippen LogP contribution is 2.41. The van der Waals surface area contributed by atoms with E-state index in [2.05, 4.69) is 130 Å². The van der Waals surface area contributed by atoms with E-state index in [1.54, 1.807) is 0 Å². The molecule has 105 heavy (non-hydrogen) atoms. The lowest BCUT2D eigenvalue weighted by Gasteiger charge is -2.43. The monoisotopic (exact) mass is 1480 g/mol. The highest BCUT2D eigenvalue weighted by molar-refractivity contribution is 5.86. The van der Waals surface area contributed by atoms with Crippen molar-refractivity contribution in [3.05, 3.63) is 120 Å². The highest BCUT2D eigenvalue weighted by Gasteiger charge is 2.40. The van der Waals surface area contributed by atoms with Gasteiger partial charge in [0, 0.05) is 50.6 Å². The van der Waals surface area contributed by atoms with Gasteiger partial charge in [0.2, 0.25) is 0 Å². The van der Waals surface area contributed by atoms with E-state index in [4.69, 9.17) is 40.1 Å². The molecule has 4 aromatic rings. The van der Waals surface area contributed by atoms with Gasteiger partial charge in [0.05, 0.1) is 39.2 Å². The maximum atomic E-state index is 10.2. The van der Waals surface area contributed by atoms with E-state index in [9.17, 15) is 35.7 Å². The Kier molecular flexibility index (Phi) is 42.0. The molecule has 14 nitrogen and oxygen atoms in total. The zero-order valence-corrected chi connectivity index (χ0v) is 74.5. The molecule has 0 aliphatic heterocycles. The Hall–Kier alpha value is -3.42. The smallest absolute Gasteiger partial charge is 0.0598 e. The fourth-order valence-electron chi connectivity index (χ4n) is 14.0. The molecule has 614 valence electrons. The summed E-state index contributed by atoms with van der Waals surface area (Å²) >= 11 is 0. The van der Waals surface area contributed by atoms with Crippen molar-refractivity contribution in [1.82, 2.24) is 0 Å². The SMILES string of the molecule is CC(C)(O)C[C@H](C(C)(C)C)C(C)(C)N.CC(C)(O)C[C@H](Cc1ccccc1)C(C)(C)N.CC(C)(O)C[C@H](c1cccc2ccccc12)C(C)(C)N.CC(C)(O)C[C@H](c1ccccc1)C(C)(C)N.CC(C)[C@@H](CC(C)(C)O)C(C)(C)N.CCC(C)[C@@H](CC(C)(C)O)C(C)(C)N.C[C@@H](CC(C)(C)O)C(C)(C)N. The summed E-state index contributed by atoms with van der Waals surface area (Å²) in [6, 6.07) is 35.2. The van der Waals surface area contributed by atoms with Crippen molar-refractivity contribution in [2.75, 3.05) is 0 Å². The van der Waals surface area contributed by atoms with Gasteiger partial charge in [-0.2, -0.15) is 0 Å². The van der Waals surface area contributed by atoms with E-state index in [1.807, 2.05) is 222 Å². The normalized spacial score (nSPS) is 15.8. The molecule has 0 heterocycles. The largest absolute Gasteiger partial charge is 0.390 e. The third-order valence-electron chi connectivity index (χ3n) is 19.9. The molecule has 0 bridgehead atoms. The van der Waals surface area contributed by atoms with Gasteiger partial charge >= 0.3 is 0 Å². The van der Waals surface area contributed by atoms with Crippen molar-refractivity contribution in [1.29, 1.82) is 0 Å². The van der Waals surface area contributed by atoms with Gasteiger partial charge in [0.1, 0.15) is 0 Å². The predicted octanol–water partition coefficient (Wildman–Crippen LogP) is 18.0. The van der Waals surface area contributed by atoms with Crippen molar-refractivity contribution in [2.24, 2.45) is 87.0 Å². The van der Waals surface area contributed by atoms with Crippen LogP contribution in [0.2, 0.25) is 0 Å². The molecule has 0 aliphatic carbocycles. The van der Waals surface area contributed by atoms with Crippen LogP contribution in [0.3, 0.4) is 0 Å². The molecule has 21 N–H and O–H groups in total. The first-order valence-corrected chi connectivity index (χ1v) is 39.3. The minimum atomic E-state index is -0.738. The summed E-state index contributed by atoms with van der Waals surface area (Å²) in [4.78, 5) is 0. The van der Waals surface area contributed by atoms with Gasteiger partial charge < -0.3 is 75.9 Å². The topological polar surface area (TPSA) is 324 Å². The van der Waals surface area contributed by atoms with Crippen molar-refractivity contribution in [3.8, 4) is 0 Å². The Labute approximate surface area is 646 Å². The molecule has 1 unspecified atom stereocenters. The summed E-state index contributed by atoms with van der Waals surface area (Å²) in [7, 11) is 0. The predicted molar refractivity (Wildman–Crippen MR) is 457 cm³/mol. The first kappa shape index (κ1) is 106. The van der Waals surface area contributed by atoms with Crippen molar-refractivity contribution in [3.63, 3.8) is 0 Å². The second-order valence-corrected chi connectivity index (χ2v) is 42.0. The van der Waals surface area contributed by atoms with Crippen LogP contribution < -0.4 is 40.1 Å². The second kappa shape index (κ2) is 41.7. The number of hydrogen-bond acceptors (Lipinski definition) is 14. The van der Waals surface area contributed by atoms with Gasteiger partial charge in [-0.3, -0.25) is 0 Å². The molecule has 0 aliphatic rings. The quantitative estimate of drug-likeness (QED) is 0.0251. The van der Waals surface area contributed by atoms with E-state index >= 15 is 0 Å². The average Bonchev–Trinajstić information content (AvgIpc) is 1.06. The first-order valence-electron chi connectivity index (χ1n) is 39.3. The molecule has 0 saturated carbocycles. The molecule has 0 radical (unpaired) electrons. The number of aliphatic hydroxyl groups is 7. The van der Waals surface area contributed by atoms with Gasteiger partial charge in [0.25, 0.3) is 0 Å². The van der Waals surface area contributed by atoms with Crippen LogP contribution in [0.1, 0.15) is 329 Å². The third kappa shape index (κ3) is 50.9. The van der Waals surface area contributed by atoms with Crippen molar-refractivity contribution in [2.45, 2.75) is 397 Å². The minimum Gasteiger partial charge on any atom is -0.390 e. The fraction of sp³-hybridized carbons (Fsp3) is 0.758. The van der Waals surface area contributed by atoms with Crippen LogP contribution in [0, 0.1) is 46.8 Å². The van der Waals surface area contributed by atoms with Crippen LogP contribution in [0.15, 0.2) is 103 Å². The third-order valence-corrected chi connectivity index (χ3v) is 19.9. The summed E-state index contributed by atoms with van der Waals surface area (Å²) in [6.07, 6.45) is 7.06. The minimum absolute atomic E-state index is 0.105. The molecule has 4 aromatic carbocycles. The second-order valence-electron chi connectivity index (χ2n) is 42.0. The number of fused-ring (bicyclic) bond motifs is 1. The van der Waals surface area contributed by atoms with E-state index in [1.165, 1.54) is 27.5 Å². The lowest BCUT2D eigenvalue weighted by Crippen LogP contribution is -2.49. The van der Waals surface area contributed by atoms with Gasteiger partial charge in [-0.25, -0.2) is 0 Å². The molecule has 0 aromatic heterocycles. The number of benzene rings is 4. The fourth-order valence-corrected chi connectivity index (χ4v) is 14.0. The van der Waals surface area contributed by atoms with E-state index in [0.717, 1.165) is 38.5 Å². The average molecular weight is 1480 g/mol. The summed E-state index contributed by atoms with van der Waals surface area (Å²) in [5.74, 6) is 2.96. The van der Waals surface area contributed by atoms with Crippen LogP contribution >= 0.6 is 0 Å².